The van der Waals surface area contributed by atoms with Gasteiger partial charge in [0.25, 0.3) is 5.91 Å². The number of aromatic nitrogens is 1. The smallest absolute Gasteiger partial charge is 0.255 e. The molecule has 5 nitrogen and oxygen atoms in total. The van der Waals surface area contributed by atoms with Crippen LogP contribution in [0.25, 0.3) is 11.5 Å². The fourth-order valence-corrected chi connectivity index (χ4v) is 3.28. The van der Waals surface area contributed by atoms with Gasteiger partial charge in [-0.15, -0.1) is 11.8 Å². The normalized spacial score (nSPS) is 17.9. The third-order valence-corrected chi connectivity index (χ3v) is 4.22. The molecular weight excluding hydrogens is 264 g/mol. The molecule has 0 saturated carbocycles. The summed E-state index contributed by atoms with van der Waals surface area (Å²) >= 11 is 1.55. The monoisotopic (exact) mass is 276 g/mol. The predicted molar refractivity (Wildman–Crippen MR) is 73.1 cm³/mol. The van der Waals surface area contributed by atoms with Gasteiger partial charge in [-0.25, -0.2) is 0 Å². The quantitative estimate of drug-likeness (QED) is 0.912. The van der Waals surface area contributed by atoms with Crippen molar-refractivity contribution < 1.29 is 9.21 Å². The second-order valence-corrected chi connectivity index (χ2v) is 5.24. The summed E-state index contributed by atoms with van der Waals surface area (Å²) in [4.78, 5) is 28.3. The first kappa shape index (κ1) is 12.1. The van der Waals surface area contributed by atoms with Crippen molar-refractivity contribution in [2.45, 2.75) is 5.37 Å². The van der Waals surface area contributed by atoms with Crippen LogP contribution in [-0.2, 0) is 0 Å². The van der Waals surface area contributed by atoms with E-state index >= 15 is 0 Å². The Morgan fingerprint density at radius 1 is 1.42 bits per heavy atom. The number of H-pyrrole nitrogens is 1. The van der Waals surface area contributed by atoms with Crippen LogP contribution in [0, 0.1) is 0 Å². The fraction of sp³-hybridized carbons (Fsp3) is 0.231. The van der Waals surface area contributed by atoms with Crippen LogP contribution in [0.4, 0.5) is 0 Å². The molecule has 6 heteroatoms. The number of carbonyl (C=O) groups excluding carboxylic acids is 1. The lowest BCUT2D eigenvalue weighted by Crippen LogP contribution is -2.21. The van der Waals surface area contributed by atoms with Gasteiger partial charge in [0, 0.05) is 18.7 Å². The molecule has 1 atom stereocenters. The molecule has 19 heavy (non-hydrogen) atoms. The SMILES string of the molecule is CS[C@@H]1c2c(cc(=O)[nH]c2-c2ccco2)C(=O)N1C. The Balaban J connectivity index is 2.32. The number of pyridine rings is 1. The van der Waals surface area contributed by atoms with Crippen LogP contribution >= 0.6 is 11.8 Å². The van der Waals surface area contributed by atoms with E-state index in [4.69, 9.17) is 4.42 Å². The molecule has 1 amide bonds. The molecule has 0 fully saturated rings. The third kappa shape index (κ3) is 1.71. The maximum absolute atomic E-state index is 12.2. The average molecular weight is 276 g/mol. The minimum atomic E-state index is -0.298. The van der Waals surface area contributed by atoms with Crippen molar-refractivity contribution in [2.75, 3.05) is 13.3 Å². The van der Waals surface area contributed by atoms with Crippen LogP contribution < -0.4 is 5.56 Å². The van der Waals surface area contributed by atoms with E-state index in [0.29, 0.717) is 17.0 Å². The van der Waals surface area contributed by atoms with Gasteiger partial charge in [-0.3, -0.25) is 9.59 Å². The van der Waals surface area contributed by atoms with Crippen molar-refractivity contribution >= 4 is 17.7 Å². The molecule has 0 spiro atoms. The standard InChI is InChI=1S/C13H12N2O3S/c1-15-12(17)7-6-9(16)14-11(8-4-3-5-18-8)10(7)13(15)19-2/h3-6,13H,1-2H3,(H,14,16)/t13-/m1/s1. The molecule has 1 aliphatic heterocycles. The Morgan fingerprint density at radius 3 is 2.84 bits per heavy atom. The molecule has 0 radical (unpaired) electrons. The van der Waals surface area contributed by atoms with E-state index in [1.54, 1.807) is 42.1 Å². The Labute approximate surface area is 113 Å². The van der Waals surface area contributed by atoms with Crippen LogP contribution in [-0.4, -0.2) is 29.1 Å². The number of carbonyl (C=O) groups is 1. The summed E-state index contributed by atoms with van der Waals surface area (Å²) < 4.78 is 5.35. The molecule has 3 rings (SSSR count). The van der Waals surface area contributed by atoms with E-state index in [0.717, 1.165) is 5.56 Å². The lowest BCUT2D eigenvalue weighted by Gasteiger charge is -2.19. The molecule has 2 aromatic heterocycles. The topological polar surface area (TPSA) is 66.3 Å². The summed E-state index contributed by atoms with van der Waals surface area (Å²) in [6.07, 6.45) is 3.47. The van der Waals surface area contributed by atoms with Gasteiger partial charge in [-0.05, 0) is 18.4 Å². The first-order valence-corrected chi connectivity index (χ1v) is 7.03. The molecule has 1 aliphatic rings. The molecule has 0 aliphatic carbocycles. The highest BCUT2D eigenvalue weighted by Crippen LogP contribution is 2.42. The number of nitrogens with zero attached hydrogens (tertiary/aromatic N) is 1. The summed E-state index contributed by atoms with van der Waals surface area (Å²) in [5.41, 5.74) is 1.56. The number of hydrogen-bond acceptors (Lipinski definition) is 4. The Kier molecular flexibility index (Phi) is 2.74. The van der Waals surface area contributed by atoms with Gasteiger partial charge in [0.1, 0.15) is 5.37 Å². The van der Waals surface area contributed by atoms with Crippen molar-refractivity contribution in [3.8, 4) is 11.5 Å². The number of rotatable bonds is 2. The Morgan fingerprint density at radius 2 is 2.21 bits per heavy atom. The van der Waals surface area contributed by atoms with Crippen LogP contribution in [0.2, 0.25) is 0 Å². The number of amides is 1. The van der Waals surface area contributed by atoms with Crippen molar-refractivity contribution in [1.82, 2.24) is 9.88 Å². The van der Waals surface area contributed by atoms with Gasteiger partial charge in [-0.2, -0.15) is 0 Å². The Bertz CT molecular complexity index is 690. The summed E-state index contributed by atoms with van der Waals surface area (Å²) in [6, 6.07) is 4.88. The van der Waals surface area contributed by atoms with E-state index < -0.39 is 0 Å². The van der Waals surface area contributed by atoms with E-state index in [1.807, 2.05) is 6.26 Å². The summed E-state index contributed by atoms with van der Waals surface area (Å²) in [6.45, 7) is 0. The van der Waals surface area contributed by atoms with Gasteiger partial charge in [0.2, 0.25) is 5.56 Å². The zero-order chi connectivity index (χ0) is 13.6. The number of furan rings is 1. The second kappa shape index (κ2) is 4.31. The van der Waals surface area contributed by atoms with Crippen molar-refractivity contribution in [2.24, 2.45) is 0 Å². The molecule has 2 aromatic rings. The van der Waals surface area contributed by atoms with Gasteiger partial charge < -0.3 is 14.3 Å². The lowest BCUT2D eigenvalue weighted by atomic mass is 10.1. The molecule has 98 valence electrons. The molecule has 0 bridgehead atoms. The van der Waals surface area contributed by atoms with E-state index in [-0.39, 0.29) is 16.8 Å². The highest BCUT2D eigenvalue weighted by Gasteiger charge is 2.37. The van der Waals surface area contributed by atoms with E-state index in [9.17, 15) is 9.59 Å². The molecular formula is C13H12N2O3S. The zero-order valence-corrected chi connectivity index (χ0v) is 11.3. The molecule has 0 aromatic carbocycles. The number of thioether (sulfide) groups is 1. The summed E-state index contributed by atoms with van der Waals surface area (Å²) in [5.74, 6) is 0.435. The van der Waals surface area contributed by atoms with E-state index in [2.05, 4.69) is 4.98 Å². The van der Waals surface area contributed by atoms with Crippen LogP contribution in [0.1, 0.15) is 21.3 Å². The van der Waals surface area contributed by atoms with Crippen molar-refractivity contribution in [3.05, 3.63) is 45.9 Å². The van der Waals surface area contributed by atoms with Crippen LogP contribution in [0.3, 0.4) is 0 Å². The fourth-order valence-electron chi connectivity index (χ4n) is 2.38. The van der Waals surface area contributed by atoms with Crippen molar-refractivity contribution in [1.29, 1.82) is 0 Å². The summed E-state index contributed by atoms with van der Waals surface area (Å²) in [5, 5.41) is -0.112. The largest absolute Gasteiger partial charge is 0.463 e. The maximum atomic E-state index is 12.2. The molecule has 1 N–H and O–H groups in total. The number of fused-ring (bicyclic) bond motifs is 1. The van der Waals surface area contributed by atoms with Gasteiger partial charge in [0.15, 0.2) is 5.76 Å². The minimum Gasteiger partial charge on any atom is -0.463 e. The summed E-state index contributed by atoms with van der Waals surface area (Å²) in [7, 11) is 1.74. The van der Waals surface area contributed by atoms with E-state index in [1.165, 1.54) is 6.07 Å². The third-order valence-electron chi connectivity index (χ3n) is 3.22. The first-order chi connectivity index (χ1) is 9.13. The lowest BCUT2D eigenvalue weighted by molar-refractivity contribution is 0.0813. The van der Waals surface area contributed by atoms with Crippen LogP contribution in [0.5, 0.6) is 0 Å². The number of nitrogens with one attached hydrogen (secondary N) is 1. The van der Waals surface area contributed by atoms with Gasteiger partial charge in [-0.1, -0.05) is 0 Å². The number of hydrogen-bond donors (Lipinski definition) is 1. The predicted octanol–water partition coefficient (Wildman–Crippen LogP) is 2.08. The van der Waals surface area contributed by atoms with Gasteiger partial charge >= 0.3 is 0 Å². The molecule has 3 heterocycles. The van der Waals surface area contributed by atoms with Crippen LogP contribution in [0.15, 0.2) is 33.7 Å². The Hall–Kier alpha value is -1.95. The maximum Gasteiger partial charge on any atom is 0.255 e. The van der Waals surface area contributed by atoms with Gasteiger partial charge in [0.05, 0.1) is 17.5 Å². The zero-order valence-electron chi connectivity index (χ0n) is 10.5. The molecule has 0 saturated heterocycles. The second-order valence-electron chi connectivity index (χ2n) is 4.32. The molecule has 0 unspecified atom stereocenters. The van der Waals surface area contributed by atoms with Crippen molar-refractivity contribution in [3.63, 3.8) is 0 Å². The highest BCUT2D eigenvalue weighted by atomic mass is 32.2. The first-order valence-electron chi connectivity index (χ1n) is 5.74. The average Bonchev–Trinajstić information content (AvgIpc) is 2.99. The highest BCUT2D eigenvalue weighted by molar-refractivity contribution is 7.98. The number of aromatic amines is 1. The minimum absolute atomic E-state index is 0.112.